The van der Waals surface area contributed by atoms with E-state index in [1.165, 1.54) is 45.4 Å². The molecule has 0 aliphatic carbocycles. The van der Waals surface area contributed by atoms with E-state index in [-0.39, 0.29) is 0 Å². The van der Waals surface area contributed by atoms with Gasteiger partial charge in [0.2, 0.25) is 0 Å². The van der Waals surface area contributed by atoms with Crippen LogP contribution in [0.25, 0.3) is 0 Å². The lowest BCUT2D eigenvalue weighted by Gasteiger charge is -2.37. The zero-order valence-corrected chi connectivity index (χ0v) is 8.34. The van der Waals surface area contributed by atoms with Crippen molar-refractivity contribution in [2.45, 2.75) is 19.3 Å². The van der Waals surface area contributed by atoms with Crippen LogP contribution in [0.3, 0.4) is 0 Å². The predicted octanol–water partition coefficient (Wildman–Crippen LogP) is -0.0478. The lowest BCUT2D eigenvalue weighted by atomic mass is 9.78. The zero-order valence-electron chi connectivity index (χ0n) is 8.34. The first-order chi connectivity index (χ1) is 5.70. The molecule has 3 heteroatoms. The standard InChI is InChI=1S/C9H19BN2/c1-11-5-2-9(3-6-11)4-7-12(10)8-9/h2-8,10H2,1H3. The van der Waals surface area contributed by atoms with Crippen LogP contribution in [-0.4, -0.2) is 50.9 Å². The Labute approximate surface area is 76.3 Å². The Balaban J connectivity index is 1.95. The summed E-state index contributed by atoms with van der Waals surface area (Å²) in [6, 6.07) is 0. The van der Waals surface area contributed by atoms with Crippen LogP contribution in [0, 0.1) is 5.41 Å². The molecule has 0 bridgehead atoms. The number of nitrogens with zero attached hydrogens (tertiary/aromatic N) is 2. The molecule has 12 heavy (non-hydrogen) atoms. The third-order valence-electron chi connectivity index (χ3n) is 3.68. The Morgan fingerprint density at radius 3 is 2.17 bits per heavy atom. The third kappa shape index (κ3) is 1.53. The average Bonchev–Trinajstić information content (AvgIpc) is 2.40. The summed E-state index contributed by atoms with van der Waals surface area (Å²) >= 11 is 0. The molecule has 2 aliphatic heterocycles. The summed E-state index contributed by atoms with van der Waals surface area (Å²) in [5.74, 6) is 0. The summed E-state index contributed by atoms with van der Waals surface area (Å²) in [5.41, 5.74) is 0.710. The second-order valence-electron chi connectivity index (χ2n) is 4.79. The van der Waals surface area contributed by atoms with Gasteiger partial charge in [-0.2, -0.15) is 0 Å². The smallest absolute Gasteiger partial charge is 0.185 e. The highest BCUT2D eigenvalue weighted by molar-refractivity contribution is 6.04. The first-order valence-corrected chi connectivity index (χ1v) is 5.07. The Bertz CT molecular complexity index is 164. The molecule has 0 amide bonds. The molecule has 2 heterocycles. The molecule has 2 fully saturated rings. The van der Waals surface area contributed by atoms with Gasteiger partial charge in [0.25, 0.3) is 0 Å². The Kier molecular flexibility index (Phi) is 2.17. The average molecular weight is 166 g/mol. The topological polar surface area (TPSA) is 6.48 Å². The van der Waals surface area contributed by atoms with E-state index in [9.17, 15) is 0 Å². The lowest BCUT2D eigenvalue weighted by molar-refractivity contribution is 0.135. The molecule has 0 N–H and O–H groups in total. The van der Waals surface area contributed by atoms with Crippen LogP contribution >= 0.6 is 0 Å². The molecule has 0 radical (unpaired) electrons. The van der Waals surface area contributed by atoms with Crippen molar-refractivity contribution < 1.29 is 0 Å². The minimum absolute atomic E-state index is 0.710. The van der Waals surface area contributed by atoms with Crippen molar-refractivity contribution >= 4 is 7.98 Å². The van der Waals surface area contributed by atoms with Crippen molar-refractivity contribution in [1.29, 1.82) is 0 Å². The SMILES string of the molecule is BN1CCC2(CCN(C)CC2)C1. The maximum Gasteiger partial charge on any atom is 0.185 e. The van der Waals surface area contributed by atoms with Crippen molar-refractivity contribution in [2.75, 3.05) is 33.2 Å². The molecule has 2 saturated heterocycles. The van der Waals surface area contributed by atoms with Crippen LogP contribution in [0.4, 0.5) is 0 Å². The maximum atomic E-state index is 2.49. The second-order valence-corrected chi connectivity index (χ2v) is 4.79. The quantitative estimate of drug-likeness (QED) is 0.465. The summed E-state index contributed by atoms with van der Waals surface area (Å²) in [7, 11) is 4.50. The number of rotatable bonds is 0. The predicted molar refractivity (Wildman–Crippen MR) is 53.9 cm³/mol. The monoisotopic (exact) mass is 166 g/mol. The Morgan fingerprint density at radius 2 is 1.67 bits per heavy atom. The van der Waals surface area contributed by atoms with E-state index in [0.717, 1.165) is 0 Å². The zero-order chi connectivity index (χ0) is 8.60. The van der Waals surface area contributed by atoms with Crippen LogP contribution in [0.2, 0.25) is 0 Å². The van der Waals surface area contributed by atoms with Gasteiger partial charge in [0.15, 0.2) is 7.98 Å². The van der Waals surface area contributed by atoms with E-state index in [0.29, 0.717) is 5.41 Å². The van der Waals surface area contributed by atoms with E-state index >= 15 is 0 Å². The normalized spacial score (nSPS) is 31.4. The van der Waals surface area contributed by atoms with E-state index in [1.807, 2.05) is 0 Å². The number of likely N-dealkylation sites (tertiary alicyclic amines) is 1. The summed E-state index contributed by atoms with van der Waals surface area (Å²) in [5, 5.41) is 0. The van der Waals surface area contributed by atoms with E-state index in [2.05, 4.69) is 24.7 Å². The van der Waals surface area contributed by atoms with Gasteiger partial charge in [0, 0.05) is 0 Å². The fourth-order valence-electron chi connectivity index (χ4n) is 2.66. The third-order valence-corrected chi connectivity index (χ3v) is 3.68. The van der Waals surface area contributed by atoms with Gasteiger partial charge in [-0.05, 0) is 57.9 Å². The van der Waals surface area contributed by atoms with Crippen LogP contribution in [0.15, 0.2) is 0 Å². The van der Waals surface area contributed by atoms with Crippen LogP contribution in [0.1, 0.15) is 19.3 Å². The van der Waals surface area contributed by atoms with Gasteiger partial charge in [-0.3, -0.25) is 0 Å². The second kappa shape index (κ2) is 3.04. The number of piperidine rings is 1. The molecule has 0 aromatic rings. The van der Waals surface area contributed by atoms with E-state index < -0.39 is 0 Å². The van der Waals surface area contributed by atoms with Gasteiger partial charge in [-0.25, -0.2) is 0 Å². The number of hydrogen-bond acceptors (Lipinski definition) is 2. The molecule has 0 unspecified atom stereocenters. The molecular formula is C9H19BN2. The Hall–Kier alpha value is -0.0151. The summed E-state index contributed by atoms with van der Waals surface area (Å²) in [6.45, 7) is 5.30. The van der Waals surface area contributed by atoms with Gasteiger partial charge in [0.1, 0.15) is 0 Å². The minimum atomic E-state index is 0.710. The van der Waals surface area contributed by atoms with Gasteiger partial charge >= 0.3 is 0 Å². The minimum Gasteiger partial charge on any atom is -0.348 e. The molecule has 2 nitrogen and oxygen atoms in total. The first kappa shape index (κ1) is 8.58. The molecule has 0 saturated carbocycles. The highest BCUT2D eigenvalue weighted by Gasteiger charge is 2.38. The largest absolute Gasteiger partial charge is 0.348 e. The number of hydrogen-bond donors (Lipinski definition) is 0. The summed E-state index contributed by atoms with van der Waals surface area (Å²) < 4.78 is 0. The van der Waals surface area contributed by atoms with Crippen LogP contribution in [0.5, 0.6) is 0 Å². The van der Waals surface area contributed by atoms with E-state index in [4.69, 9.17) is 0 Å². The lowest BCUT2D eigenvalue weighted by Crippen LogP contribution is -2.39. The molecule has 68 valence electrons. The highest BCUT2D eigenvalue weighted by atomic mass is 15.1. The van der Waals surface area contributed by atoms with Gasteiger partial charge in [0.05, 0.1) is 0 Å². The van der Waals surface area contributed by atoms with Crippen LogP contribution < -0.4 is 0 Å². The Morgan fingerprint density at radius 1 is 1.08 bits per heavy atom. The van der Waals surface area contributed by atoms with Crippen molar-refractivity contribution in [3.63, 3.8) is 0 Å². The molecular weight excluding hydrogens is 147 g/mol. The van der Waals surface area contributed by atoms with Gasteiger partial charge in [-0.1, -0.05) is 0 Å². The molecule has 2 rings (SSSR count). The van der Waals surface area contributed by atoms with Crippen LogP contribution in [-0.2, 0) is 0 Å². The maximum absolute atomic E-state index is 2.49. The van der Waals surface area contributed by atoms with Crippen molar-refractivity contribution in [2.24, 2.45) is 5.41 Å². The molecule has 0 aromatic carbocycles. The summed E-state index contributed by atoms with van der Waals surface area (Å²) in [4.78, 5) is 4.95. The fourth-order valence-corrected chi connectivity index (χ4v) is 2.66. The van der Waals surface area contributed by atoms with Crippen molar-refractivity contribution in [3.8, 4) is 0 Å². The molecule has 2 aliphatic rings. The molecule has 0 atom stereocenters. The van der Waals surface area contributed by atoms with Gasteiger partial charge in [-0.15, -0.1) is 0 Å². The summed E-state index contributed by atoms with van der Waals surface area (Å²) in [6.07, 6.45) is 4.29. The highest BCUT2D eigenvalue weighted by Crippen LogP contribution is 2.39. The van der Waals surface area contributed by atoms with Crippen molar-refractivity contribution in [3.05, 3.63) is 0 Å². The first-order valence-electron chi connectivity index (χ1n) is 5.07. The molecule has 0 aromatic heterocycles. The van der Waals surface area contributed by atoms with Gasteiger partial charge < -0.3 is 9.71 Å². The van der Waals surface area contributed by atoms with E-state index in [1.54, 1.807) is 0 Å². The van der Waals surface area contributed by atoms with Crippen molar-refractivity contribution in [1.82, 2.24) is 9.71 Å². The molecule has 1 spiro atoms. The fraction of sp³-hybridized carbons (Fsp3) is 1.00.